The first-order valence-electron chi connectivity index (χ1n) is 9.28. The van der Waals surface area contributed by atoms with Crippen LogP contribution in [0, 0.1) is 0 Å². The van der Waals surface area contributed by atoms with Gasteiger partial charge in [0.15, 0.2) is 0 Å². The van der Waals surface area contributed by atoms with Crippen molar-refractivity contribution >= 4 is 54.9 Å². The predicted molar refractivity (Wildman–Crippen MR) is 123 cm³/mol. The third kappa shape index (κ3) is 3.36. The van der Waals surface area contributed by atoms with Crippen molar-refractivity contribution in [2.45, 2.75) is 18.7 Å². The molecule has 0 fully saturated rings. The molecular weight excluding hydrogens is 532 g/mol. The van der Waals surface area contributed by atoms with E-state index < -0.39 is 6.23 Å². The van der Waals surface area contributed by atoms with Crippen molar-refractivity contribution in [3.05, 3.63) is 84.4 Å². The van der Waals surface area contributed by atoms with Gasteiger partial charge in [-0.05, 0) is 51.6 Å². The molecule has 8 heteroatoms. The standard InChI is InChI=1S/C22H16Br2N2O3S/c1-28-22(27)13-6-4-12(5-7-13)21-26-18(11-17(25-26)19-3-2-8-30-19)15-9-14(23)10-16(24)20(15)29-21/h2-10,18,21H,11H2,1H3/t18-,21-/m0/s1. The average molecular weight is 548 g/mol. The van der Waals surface area contributed by atoms with E-state index in [1.54, 1.807) is 23.5 Å². The first-order valence-corrected chi connectivity index (χ1v) is 11.8. The van der Waals surface area contributed by atoms with Gasteiger partial charge in [0.1, 0.15) is 5.75 Å². The van der Waals surface area contributed by atoms with Crippen LogP contribution in [-0.4, -0.2) is 23.8 Å². The van der Waals surface area contributed by atoms with Gasteiger partial charge in [-0.2, -0.15) is 5.10 Å². The summed E-state index contributed by atoms with van der Waals surface area (Å²) in [7, 11) is 1.38. The van der Waals surface area contributed by atoms with Gasteiger partial charge in [-0.3, -0.25) is 0 Å². The minimum Gasteiger partial charge on any atom is -0.465 e. The number of ether oxygens (including phenoxy) is 2. The smallest absolute Gasteiger partial charge is 0.337 e. The monoisotopic (exact) mass is 546 g/mol. The van der Waals surface area contributed by atoms with Crippen LogP contribution in [-0.2, 0) is 4.74 Å². The van der Waals surface area contributed by atoms with Crippen LogP contribution in [0.15, 0.2) is 68.0 Å². The number of hydrazone groups is 1. The number of halogens is 2. The molecule has 30 heavy (non-hydrogen) atoms. The maximum absolute atomic E-state index is 11.8. The molecule has 0 saturated carbocycles. The van der Waals surface area contributed by atoms with E-state index in [1.807, 2.05) is 29.3 Å². The molecule has 2 aromatic carbocycles. The first-order chi connectivity index (χ1) is 14.5. The third-order valence-corrected chi connectivity index (χ3v) is 7.20. The summed E-state index contributed by atoms with van der Waals surface area (Å²) >= 11 is 8.94. The number of carbonyl (C=O) groups is 1. The fourth-order valence-electron chi connectivity index (χ4n) is 3.83. The van der Waals surface area contributed by atoms with Gasteiger partial charge < -0.3 is 9.47 Å². The molecule has 5 rings (SSSR count). The zero-order valence-electron chi connectivity index (χ0n) is 15.8. The highest BCUT2D eigenvalue weighted by Crippen LogP contribution is 2.51. The summed E-state index contributed by atoms with van der Waals surface area (Å²) in [5.74, 6) is 0.463. The first kappa shape index (κ1) is 19.8. The molecule has 1 aromatic heterocycles. The fraction of sp³-hybridized carbons (Fsp3) is 0.182. The number of nitrogens with zero attached hydrogens (tertiary/aromatic N) is 2. The lowest BCUT2D eigenvalue weighted by molar-refractivity contribution is -0.0197. The van der Waals surface area contributed by atoms with Crippen molar-refractivity contribution < 1.29 is 14.3 Å². The Morgan fingerprint density at radius 3 is 2.73 bits per heavy atom. The predicted octanol–water partition coefficient (Wildman–Crippen LogP) is 6.30. The number of thiophene rings is 1. The van der Waals surface area contributed by atoms with Crippen LogP contribution in [0.25, 0.3) is 0 Å². The zero-order valence-corrected chi connectivity index (χ0v) is 19.8. The second kappa shape index (κ2) is 7.83. The van der Waals surface area contributed by atoms with E-state index in [0.717, 1.165) is 38.0 Å². The molecule has 2 aliphatic heterocycles. The Morgan fingerprint density at radius 1 is 1.23 bits per heavy atom. The zero-order chi connectivity index (χ0) is 20.8. The van der Waals surface area contributed by atoms with Crippen molar-refractivity contribution in [3.8, 4) is 5.75 Å². The van der Waals surface area contributed by atoms with Crippen molar-refractivity contribution in [2.75, 3.05) is 7.11 Å². The van der Waals surface area contributed by atoms with E-state index in [2.05, 4.69) is 49.4 Å². The molecule has 0 N–H and O–H groups in total. The van der Waals surface area contributed by atoms with Gasteiger partial charge in [0.05, 0.1) is 33.8 Å². The Hall–Kier alpha value is -2.16. The molecule has 5 nitrogen and oxygen atoms in total. The molecule has 0 amide bonds. The number of esters is 1. The second-order valence-electron chi connectivity index (χ2n) is 7.01. The van der Waals surface area contributed by atoms with E-state index in [1.165, 1.54) is 12.0 Å². The van der Waals surface area contributed by atoms with Crippen molar-refractivity contribution in [1.82, 2.24) is 5.01 Å². The molecule has 3 heterocycles. The normalized spacial score (nSPS) is 19.6. The van der Waals surface area contributed by atoms with E-state index in [-0.39, 0.29) is 12.0 Å². The summed E-state index contributed by atoms with van der Waals surface area (Å²) in [6.45, 7) is 0. The number of methoxy groups -OCH3 is 1. The Labute approximate surface area is 194 Å². The van der Waals surface area contributed by atoms with Crippen LogP contribution >= 0.6 is 43.2 Å². The van der Waals surface area contributed by atoms with Gasteiger partial charge in [0.25, 0.3) is 0 Å². The third-order valence-electron chi connectivity index (χ3n) is 5.23. The molecule has 0 saturated heterocycles. The summed E-state index contributed by atoms with van der Waals surface area (Å²) in [5.41, 5.74) is 3.57. The lowest BCUT2D eigenvalue weighted by atomic mass is 9.97. The van der Waals surface area contributed by atoms with Gasteiger partial charge in [0.2, 0.25) is 6.23 Å². The largest absolute Gasteiger partial charge is 0.465 e. The quantitative estimate of drug-likeness (QED) is 0.361. The number of carbonyl (C=O) groups excluding carboxylic acids is 1. The highest BCUT2D eigenvalue weighted by molar-refractivity contribution is 9.11. The number of rotatable bonds is 3. The van der Waals surface area contributed by atoms with Crippen molar-refractivity contribution in [1.29, 1.82) is 0 Å². The molecule has 0 bridgehead atoms. The Bertz CT molecular complexity index is 1150. The van der Waals surface area contributed by atoms with Gasteiger partial charge in [-0.15, -0.1) is 11.3 Å². The molecule has 0 aliphatic carbocycles. The highest BCUT2D eigenvalue weighted by atomic mass is 79.9. The van der Waals surface area contributed by atoms with E-state index >= 15 is 0 Å². The van der Waals surface area contributed by atoms with Gasteiger partial charge in [-0.1, -0.05) is 34.1 Å². The lowest BCUT2D eigenvalue weighted by Gasteiger charge is -2.38. The SMILES string of the molecule is COC(=O)c1ccc([C@@H]2Oc3c(Br)cc(Br)cc3[C@@H]3CC(c4cccs4)=NN32)cc1. The minimum atomic E-state index is -0.399. The number of hydrogen-bond donors (Lipinski definition) is 0. The summed E-state index contributed by atoms with van der Waals surface area (Å²) in [6.07, 6.45) is 0.403. The van der Waals surface area contributed by atoms with Crippen LogP contribution in [0.5, 0.6) is 5.75 Å². The van der Waals surface area contributed by atoms with Crippen LogP contribution in [0.4, 0.5) is 0 Å². The summed E-state index contributed by atoms with van der Waals surface area (Å²) in [6, 6.07) is 15.6. The Morgan fingerprint density at radius 2 is 2.03 bits per heavy atom. The number of hydrogen-bond acceptors (Lipinski definition) is 6. The molecule has 0 unspecified atom stereocenters. The maximum atomic E-state index is 11.8. The van der Waals surface area contributed by atoms with Crippen LogP contribution in [0.3, 0.4) is 0 Å². The minimum absolute atomic E-state index is 0.0601. The lowest BCUT2D eigenvalue weighted by Crippen LogP contribution is -2.34. The van der Waals surface area contributed by atoms with Crippen molar-refractivity contribution in [3.63, 3.8) is 0 Å². The summed E-state index contributed by atoms with van der Waals surface area (Å²) in [5, 5.41) is 9.05. The molecule has 2 aliphatic rings. The summed E-state index contributed by atoms with van der Waals surface area (Å²) in [4.78, 5) is 13.0. The molecule has 2 atom stereocenters. The summed E-state index contributed by atoms with van der Waals surface area (Å²) < 4.78 is 13.1. The van der Waals surface area contributed by atoms with E-state index in [9.17, 15) is 4.79 Å². The van der Waals surface area contributed by atoms with Crippen molar-refractivity contribution in [2.24, 2.45) is 5.10 Å². The average Bonchev–Trinajstić information content (AvgIpc) is 3.43. The van der Waals surface area contributed by atoms with Gasteiger partial charge in [-0.25, -0.2) is 9.80 Å². The number of fused-ring (bicyclic) bond motifs is 3. The fourth-order valence-corrected chi connectivity index (χ4v) is 5.90. The van der Waals surface area contributed by atoms with E-state index in [4.69, 9.17) is 14.6 Å². The molecule has 0 spiro atoms. The molecular formula is C22H16Br2N2O3S. The number of benzene rings is 2. The Balaban J connectivity index is 1.59. The van der Waals surface area contributed by atoms with Crippen LogP contribution in [0.2, 0.25) is 0 Å². The van der Waals surface area contributed by atoms with E-state index in [0.29, 0.717) is 5.56 Å². The molecule has 0 radical (unpaired) electrons. The second-order valence-corrected chi connectivity index (χ2v) is 9.73. The van der Waals surface area contributed by atoms with Crippen LogP contribution in [0.1, 0.15) is 45.1 Å². The topological polar surface area (TPSA) is 51.1 Å². The van der Waals surface area contributed by atoms with Crippen LogP contribution < -0.4 is 4.74 Å². The molecule has 3 aromatic rings. The van der Waals surface area contributed by atoms with Gasteiger partial charge in [0, 0.05) is 22.0 Å². The highest BCUT2D eigenvalue weighted by Gasteiger charge is 2.42. The Kier molecular flexibility index (Phi) is 5.16. The maximum Gasteiger partial charge on any atom is 0.337 e. The molecule has 152 valence electrons. The van der Waals surface area contributed by atoms with Gasteiger partial charge >= 0.3 is 5.97 Å².